The molecule has 7 nitrogen and oxygen atoms in total. The second kappa shape index (κ2) is 6.32. The number of hydrogen-bond donors (Lipinski definition) is 3. The summed E-state index contributed by atoms with van der Waals surface area (Å²) < 4.78 is 5.10. The number of aromatic nitrogens is 2. The molecule has 3 aromatic rings. The molecule has 0 aliphatic heterocycles. The Balaban J connectivity index is 1.67. The van der Waals surface area contributed by atoms with Gasteiger partial charge in [-0.15, -0.1) is 11.3 Å². The fourth-order valence-corrected chi connectivity index (χ4v) is 2.56. The first kappa shape index (κ1) is 14.8. The SMILES string of the molecule is NC(=O)c1cc(-c2csc(NC(=O)/C=C/c3ccco3)n2)c[nH]1. The Hall–Kier alpha value is -3.13. The summed E-state index contributed by atoms with van der Waals surface area (Å²) in [4.78, 5) is 29.9. The van der Waals surface area contributed by atoms with Crippen LogP contribution in [-0.2, 0) is 4.79 Å². The molecule has 0 saturated carbocycles. The predicted molar refractivity (Wildman–Crippen MR) is 86.8 cm³/mol. The number of nitrogens with zero attached hydrogens (tertiary/aromatic N) is 1. The van der Waals surface area contributed by atoms with E-state index >= 15 is 0 Å². The van der Waals surface area contributed by atoms with Crippen LogP contribution in [-0.4, -0.2) is 21.8 Å². The van der Waals surface area contributed by atoms with E-state index in [4.69, 9.17) is 10.2 Å². The van der Waals surface area contributed by atoms with Gasteiger partial charge in [-0.25, -0.2) is 4.98 Å². The second-order valence-corrected chi connectivity index (χ2v) is 5.40. The maximum absolute atomic E-state index is 11.8. The standard InChI is InChI=1S/C15H12N4O3S/c16-14(21)11-6-9(7-17-11)12-8-23-15(18-12)19-13(20)4-3-10-2-1-5-22-10/h1-8,17H,(H2,16,21)(H,18,19,20)/b4-3+. The molecule has 4 N–H and O–H groups in total. The van der Waals surface area contributed by atoms with Gasteiger partial charge in [0.25, 0.3) is 5.91 Å². The van der Waals surface area contributed by atoms with Crippen molar-refractivity contribution in [1.29, 1.82) is 0 Å². The fraction of sp³-hybridized carbons (Fsp3) is 0. The number of aromatic amines is 1. The molecule has 0 unspecified atom stereocenters. The quantitative estimate of drug-likeness (QED) is 0.624. The Bertz CT molecular complexity index is 861. The van der Waals surface area contributed by atoms with Gasteiger partial charge in [-0.1, -0.05) is 0 Å². The zero-order valence-electron chi connectivity index (χ0n) is 11.8. The van der Waals surface area contributed by atoms with Gasteiger partial charge in [0.15, 0.2) is 5.13 Å². The van der Waals surface area contributed by atoms with Crippen molar-refractivity contribution in [2.75, 3.05) is 5.32 Å². The average molecular weight is 328 g/mol. The molecule has 0 aliphatic rings. The summed E-state index contributed by atoms with van der Waals surface area (Å²) in [6, 6.07) is 5.09. The molecule has 0 radical (unpaired) electrons. The Labute approximate surface area is 134 Å². The molecule has 8 heteroatoms. The average Bonchev–Trinajstić information content (AvgIpc) is 3.26. The minimum Gasteiger partial charge on any atom is -0.465 e. The predicted octanol–water partition coefficient (Wildman–Crippen LogP) is 2.48. The lowest BCUT2D eigenvalue weighted by Gasteiger charge is -1.95. The number of nitrogens with two attached hydrogens (primary N) is 1. The van der Waals surface area contributed by atoms with Crippen LogP contribution in [0.1, 0.15) is 16.2 Å². The third-order valence-electron chi connectivity index (χ3n) is 2.92. The number of furan rings is 1. The summed E-state index contributed by atoms with van der Waals surface area (Å²) >= 11 is 1.28. The molecule has 3 rings (SSSR count). The van der Waals surface area contributed by atoms with Gasteiger partial charge in [0.1, 0.15) is 11.5 Å². The van der Waals surface area contributed by atoms with E-state index in [1.807, 2.05) is 0 Å². The zero-order chi connectivity index (χ0) is 16.2. The molecular formula is C15H12N4O3S. The van der Waals surface area contributed by atoms with E-state index in [9.17, 15) is 9.59 Å². The first-order valence-corrected chi connectivity index (χ1v) is 7.46. The van der Waals surface area contributed by atoms with E-state index in [0.29, 0.717) is 22.3 Å². The Morgan fingerprint density at radius 2 is 2.30 bits per heavy atom. The molecule has 2 amide bonds. The van der Waals surface area contributed by atoms with E-state index in [1.54, 1.807) is 35.9 Å². The van der Waals surface area contributed by atoms with Gasteiger partial charge in [0, 0.05) is 23.2 Å². The molecule has 0 aliphatic carbocycles. The fourth-order valence-electron chi connectivity index (χ4n) is 1.84. The summed E-state index contributed by atoms with van der Waals surface area (Å²) in [5.41, 5.74) is 6.86. The Morgan fingerprint density at radius 3 is 3.00 bits per heavy atom. The number of H-pyrrole nitrogens is 1. The van der Waals surface area contributed by atoms with Crippen molar-refractivity contribution in [2.24, 2.45) is 5.73 Å². The Kier molecular flexibility index (Phi) is 4.07. The van der Waals surface area contributed by atoms with Crippen molar-refractivity contribution in [3.8, 4) is 11.3 Å². The molecule has 3 aromatic heterocycles. The smallest absolute Gasteiger partial charge is 0.265 e. The van der Waals surface area contributed by atoms with Crippen LogP contribution in [0.5, 0.6) is 0 Å². The molecule has 3 heterocycles. The minimum absolute atomic E-state index is 0.306. The number of thiazole rings is 1. The number of nitrogens with one attached hydrogen (secondary N) is 2. The monoisotopic (exact) mass is 328 g/mol. The summed E-state index contributed by atoms with van der Waals surface area (Å²) in [6.07, 6.45) is 6.09. The molecule has 116 valence electrons. The number of carbonyl (C=O) groups is 2. The summed E-state index contributed by atoms with van der Waals surface area (Å²) in [6.45, 7) is 0. The highest BCUT2D eigenvalue weighted by molar-refractivity contribution is 7.14. The molecule has 0 fully saturated rings. The molecule has 0 atom stereocenters. The van der Waals surface area contributed by atoms with Crippen LogP contribution < -0.4 is 11.1 Å². The lowest BCUT2D eigenvalue weighted by atomic mass is 10.2. The van der Waals surface area contributed by atoms with Gasteiger partial charge in [0.2, 0.25) is 5.91 Å². The number of rotatable bonds is 5. The van der Waals surface area contributed by atoms with Crippen molar-refractivity contribution in [2.45, 2.75) is 0 Å². The highest BCUT2D eigenvalue weighted by atomic mass is 32.1. The van der Waals surface area contributed by atoms with Crippen molar-refractivity contribution >= 4 is 34.4 Å². The zero-order valence-corrected chi connectivity index (χ0v) is 12.6. The number of anilines is 1. The van der Waals surface area contributed by atoms with Crippen LogP contribution in [0, 0.1) is 0 Å². The Morgan fingerprint density at radius 1 is 1.43 bits per heavy atom. The molecule has 0 spiro atoms. The van der Waals surface area contributed by atoms with E-state index in [1.165, 1.54) is 23.7 Å². The van der Waals surface area contributed by atoms with Crippen molar-refractivity contribution < 1.29 is 14.0 Å². The van der Waals surface area contributed by atoms with Gasteiger partial charge in [-0.2, -0.15) is 0 Å². The third kappa shape index (κ3) is 3.55. The van der Waals surface area contributed by atoms with Crippen molar-refractivity contribution in [3.05, 3.63) is 53.6 Å². The van der Waals surface area contributed by atoms with Gasteiger partial charge >= 0.3 is 0 Å². The van der Waals surface area contributed by atoms with E-state index < -0.39 is 5.91 Å². The van der Waals surface area contributed by atoms with Crippen LogP contribution >= 0.6 is 11.3 Å². The number of carbonyl (C=O) groups excluding carboxylic acids is 2. The molecule has 0 aromatic carbocycles. The number of amides is 2. The lowest BCUT2D eigenvalue weighted by Crippen LogP contribution is -2.10. The van der Waals surface area contributed by atoms with Gasteiger partial charge in [-0.05, 0) is 24.3 Å². The summed E-state index contributed by atoms with van der Waals surface area (Å²) in [7, 11) is 0. The van der Waals surface area contributed by atoms with Gasteiger partial charge < -0.3 is 15.1 Å². The van der Waals surface area contributed by atoms with Crippen LogP contribution in [0.25, 0.3) is 17.3 Å². The first-order chi connectivity index (χ1) is 11.1. The lowest BCUT2D eigenvalue weighted by molar-refractivity contribution is -0.111. The number of hydrogen-bond acceptors (Lipinski definition) is 5. The van der Waals surface area contributed by atoms with Gasteiger partial charge in [0.05, 0.1) is 12.0 Å². The molecule has 0 saturated heterocycles. The normalized spacial score (nSPS) is 11.0. The van der Waals surface area contributed by atoms with E-state index in [2.05, 4.69) is 15.3 Å². The topological polar surface area (TPSA) is 114 Å². The van der Waals surface area contributed by atoms with Gasteiger partial charge in [-0.3, -0.25) is 14.9 Å². The third-order valence-corrected chi connectivity index (χ3v) is 3.68. The first-order valence-electron chi connectivity index (χ1n) is 6.58. The summed E-state index contributed by atoms with van der Waals surface area (Å²) in [5.74, 6) is -0.261. The van der Waals surface area contributed by atoms with E-state index in [0.717, 1.165) is 5.56 Å². The maximum atomic E-state index is 11.8. The highest BCUT2D eigenvalue weighted by Crippen LogP contribution is 2.25. The minimum atomic E-state index is -0.539. The molecular weight excluding hydrogens is 316 g/mol. The van der Waals surface area contributed by atoms with E-state index in [-0.39, 0.29) is 5.91 Å². The van der Waals surface area contributed by atoms with Crippen molar-refractivity contribution in [1.82, 2.24) is 9.97 Å². The maximum Gasteiger partial charge on any atom is 0.265 e. The van der Waals surface area contributed by atoms with Crippen LogP contribution in [0.3, 0.4) is 0 Å². The molecule has 0 bridgehead atoms. The van der Waals surface area contributed by atoms with Crippen LogP contribution in [0.2, 0.25) is 0 Å². The largest absolute Gasteiger partial charge is 0.465 e. The highest BCUT2D eigenvalue weighted by Gasteiger charge is 2.10. The molecule has 23 heavy (non-hydrogen) atoms. The van der Waals surface area contributed by atoms with Crippen molar-refractivity contribution in [3.63, 3.8) is 0 Å². The number of primary amides is 1. The second-order valence-electron chi connectivity index (χ2n) is 4.54. The van der Waals surface area contributed by atoms with Crippen LogP contribution in [0.15, 0.2) is 46.5 Å². The van der Waals surface area contributed by atoms with Crippen LogP contribution in [0.4, 0.5) is 5.13 Å². The summed E-state index contributed by atoms with van der Waals surface area (Å²) in [5, 5.41) is 4.89.